The first-order chi connectivity index (χ1) is 9.44. The molecule has 0 aliphatic carbocycles. The quantitative estimate of drug-likeness (QED) is 0.337. The Balaban J connectivity index is 2.27. The summed E-state index contributed by atoms with van der Waals surface area (Å²) >= 11 is 1.90. The van der Waals surface area contributed by atoms with E-state index in [0.717, 1.165) is 31.1 Å². The van der Waals surface area contributed by atoms with Crippen LogP contribution in [0.4, 0.5) is 0 Å². The number of hydrogen-bond acceptors (Lipinski definition) is 6. The first kappa shape index (κ1) is 17.8. The second-order valence-corrected chi connectivity index (χ2v) is 6.52. The van der Waals surface area contributed by atoms with Crippen LogP contribution in [0.25, 0.3) is 0 Å². The molecule has 0 saturated carbocycles. The lowest BCUT2D eigenvalue weighted by Gasteiger charge is -2.25. The molecule has 0 spiro atoms. The van der Waals surface area contributed by atoms with Gasteiger partial charge in [-0.1, -0.05) is 12.8 Å². The Kier molecular flexibility index (Phi) is 7.90. The number of rotatable bonds is 10. The van der Waals surface area contributed by atoms with Gasteiger partial charge in [0.2, 0.25) is 0 Å². The van der Waals surface area contributed by atoms with Crippen LogP contribution in [0.15, 0.2) is 0 Å². The van der Waals surface area contributed by atoms with Crippen molar-refractivity contribution in [1.82, 2.24) is 4.90 Å². The van der Waals surface area contributed by atoms with Gasteiger partial charge in [0.25, 0.3) is 0 Å². The second kappa shape index (κ2) is 8.89. The van der Waals surface area contributed by atoms with Crippen LogP contribution in [0.3, 0.4) is 0 Å². The Morgan fingerprint density at radius 1 is 1.30 bits per heavy atom. The average Bonchev–Trinajstić information content (AvgIpc) is 2.87. The minimum atomic E-state index is -1.32. The zero-order chi connectivity index (χ0) is 15.0. The predicted molar refractivity (Wildman–Crippen MR) is 81.5 cm³/mol. The van der Waals surface area contributed by atoms with Crippen LogP contribution < -0.4 is 5.73 Å². The number of hydrogen-bond donors (Lipinski definition) is 4. The summed E-state index contributed by atoms with van der Waals surface area (Å²) in [5.41, 5.74) is 4.81. The molecule has 1 aliphatic heterocycles. The van der Waals surface area contributed by atoms with Crippen molar-refractivity contribution in [2.75, 3.05) is 24.7 Å². The Morgan fingerprint density at radius 2 is 2.00 bits per heavy atom. The standard InChI is InChI=1S/C12H25BN2O4S/c14-12(11(16)17,4-1-2-6-13(18)19)5-3-7-15-8-9-20-10-15/h18-19H,1-10,14H2,(H,16,17). The topological polar surface area (TPSA) is 107 Å². The van der Waals surface area contributed by atoms with Gasteiger partial charge < -0.3 is 20.9 Å². The molecule has 1 rings (SSSR count). The molecular formula is C12H25BN2O4S. The van der Waals surface area contributed by atoms with Crippen molar-refractivity contribution in [3.8, 4) is 0 Å². The molecule has 1 unspecified atom stereocenters. The normalized spacial score (nSPS) is 18.9. The van der Waals surface area contributed by atoms with Gasteiger partial charge in [-0.15, -0.1) is 11.8 Å². The Bertz CT molecular complexity index is 303. The highest BCUT2D eigenvalue weighted by molar-refractivity contribution is 7.99. The van der Waals surface area contributed by atoms with Gasteiger partial charge in [0.15, 0.2) is 0 Å². The molecule has 0 aromatic carbocycles. The maximum atomic E-state index is 11.3. The third-order valence-corrected chi connectivity index (χ3v) is 4.70. The van der Waals surface area contributed by atoms with Gasteiger partial charge in [-0.05, 0) is 32.1 Å². The van der Waals surface area contributed by atoms with Crippen LogP contribution >= 0.6 is 11.8 Å². The first-order valence-electron chi connectivity index (χ1n) is 7.12. The van der Waals surface area contributed by atoms with Crippen molar-refractivity contribution in [2.45, 2.75) is 44.0 Å². The van der Waals surface area contributed by atoms with E-state index in [1.165, 1.54) is 0 Å². The summed E-state index contributed by atoms with van der Waals surface area (Å²) in [5.74, 6) is 1.22. The molecule has 1 aliphatic rings. The van der Waals surface area contributed by atoms with Crippen LogP contribution in [0.2, 0.25) is 6.32 Å². The summed E-state index contributed by atoms with van der Waals surface area (Å²) in [6.45, 7) is 1.97. The molecule has 1 atom stereocenters. The SMILES string of the molecule is NC(CCCCB(O)O)(CCCN1CCSC1)C(=O)O. The predicted octanol–water partition coefficient (Wildman–Crippen LogP) is 0.198. The zero-order valence-corrected chi connectivity index (χ0v) is 12.6. The molecule has 0 aromatic heterocycles. The second-order valence-electron chi connectivity index (χ2n) is 5.45. The Hall–Kier alpha value is -0.275. The highest BCUT2D eigenvalue weighted by Crippen LogP contribution is 2.21. The van der Waals surface area contributed by atoms with Crippen LogP contribution in [-0.2, 0) is 4.79 Å². The number of thioether (sulfide) groups is 1. The molecule has 1 saturated heterocycles. The Labute approximate surface area is 124 Å². The van der Waals surface area contributed by atoms with Gasteiger partial charge in [0.05, 0.1) is 0 Å². The summed E-state index contributed by atoms with van der Waals surface area (Å²) in [4.78, 5) is 13.6. The van der Waals surface area contributed by atoms with Crippen LogP contribution in [0, 0.1) is 0 Å². The largest absolute Gasteiger partial charge is 0.480 e. The molecule has 20 heavy (non-hydrogen) atoms. The number of aliphatic carboxylic acids is 1. The minimum Gasteiger partial charge on any atom is -0.480 e. The van der Waals surface area contributed by atoms with Crippen molar-refractivity contribution in [3.05, 3.63) is 0 Å². The summed E-state index contributed by atoms with van der Waals surface area (Å²) in [6, 6.07) is 0. The van der Waals surface area contributed by atoms with Gasteiger partial charge in [0.1, 0.15) is 5.54 Å². The fourth-order valence-electron chi connectivity index (χ4n) is 2.35. The van der Waals surface area contributed by atoms with Crippen molar-refractivity contribution in [2.24, 2.45) is 5.73 Å². The summed E-state index contributed by atoms with van der Waals surface area (Å²) in [7, 11) is -1.32. The van der Waals surface area contributed by atoms with Gasteiger partial charge in [-0.3, -0.25) is 9.69 Å². The van der Waals surface area contributed by atoms with Crippen LogP contribution in [-0.4, -0.2) is 63.4 Å². The number of carboxylic acid groups (broad SMARTS) is 1. The molecule has 5 N–H and O–H groups in total. The van der Waals surface area contributed by atoms with Crippen molar-refractivity contribution >= 4 is 24.8 Å². The van der Waals surface area contributed by atoms with Crippen molar-refractivity contribution in [3.63, 3.8) is 0 Å². The van der Waals surface area contributed by atoms with Crippen molar-refractivity contribution in [1.29, 1.82) is 0 Å². The maximum Gasteiger partial charge on any atom is 0.451 e. The molecule has 0 bridgehead atoms. The van der Waals surface area contributed by atoms with Gasteiger partial charge >= 0.3 is 13.1 Å². The van der Waals surface area contributed by atoms with Crippen molar-refractivity contribution < 1.29 is 19.9 Å². The number of nitrogens with two attached hydrogens (primary N) is 1. The highest BCUT2D eigenvalue weighted by Gasteiger charge is 2.33. The molecule has 1 heterocycles. The summed E-state index contributed by atoms with van der Waals surface area (Å²) < 4.78 is 0. The fourth-order valence-corrected chi connectivity index (χ4v) is 3.39. The van der Waals surface area contributed by atoms with E-state index in [1.54, 1.807) is 0 Å². The average molecular weight is 304 g/mol. The summed E-state index contributed by atoms with van der Waals surface area (Å²) in [6.07, 6.45) is 3.06. The lowest BCUT2D eigenvalue weighted by Crippen LogP contribution is -2.48. The van der Waals surface area contributed by atoms with Crippen LogP contribution in [0.5, 0.6) is 0 Å². The van der Waals surface area contributed by atoms with E-state index < -0.39 is 18.6 Å². The molecule has 0 amide bonds. The van der Waals surface area contributed by atoms with E-state index in [0.29, 0.717) is 25.7 Å². The van der Waals surface area contributed by atoms with E-state index in [1.807, 2.05) is 11.8 Å². The lowest BCUT2D eigenvalue weighted by atomic mass is 9.81. The molecular weight excluding hydrogens is 279 g/mol. The monoisotopic (exact) mass is 304 g/mol. The van der Waals surface area contributed by atoms with E-state index in [2.05, 4.69) is 4.90 Å². The van der Waals surface area contributed by atoms with E-state index in [4.69, 9.17) is 15.8 Å². The smallest absolute Gasteiger partial charge is 0.451 e. The van der Waals surface area contributed by atoms with Crippen LogP contribution in [0.1, 0.15) is 32.1 Å². The number of nitrogens with zero attached hydrogens (tertiary/aromatic N) is 1. The molecule has 0 radical (unpaired) electrons. The van der Waals surface area contributed by atoms with E-state index in [-0.39, 0.29) is 6.32 Å². The molecule has 8 heteroatoms. The number of carbonyl (C=O) groups is 1. The third-order valence-electron chi connectivity index (χ3n) is 3.68. The third kappa shape index (κ3) is 6.45. The van der Waals surface area contributed by atoms with Gasteiger partial charge in [-0.2, -0.15) is 0 Å². The fraction of sp³-hybridized carbons (Fsp3) is 0.917. The zero-order valence-electron chi connectivity index (χ0n) is 11.8. The van der Waals surface area contributed by atoms with Gasteiger partial charge in [-0.25, -0.2) is 0 Å². The summed E-state index contributed by atoms with van der Waals surface area (Å²) in [5, 5.41) is 26.8. The lowest BCUT2D eigenvalue weighted by molar-refractivity contribution is -0.144. The van der Waals surface area contributed by atoms with E-state index in [9.17, 15) is 9.90 Å². The molecule has 0 aromatic rings. The molecule has 6 nitrogen and oxygen atoms in total. The maximum absolute atomic E-state index is 11.3. The van der Waals surface area contributed by atoms with Gasteiger partial charge in [0, 0.05) is 18.2 Å². The first-order valence-corrected chi connectivity index (χ1v) is 8.28. The highest BCUT2D eigenvalue weighted by atomic mass is 32.2. The Morgan fingerprint density at radius 3 is 2.55 bits per heavy atom. The minimum absolute atomic E-state index is 0.265. The molecule has 1 fully saturated rings. The number of unbranched alkanes of at least 4 members (excludes halogenated alkanes) is 1. The van der Waals surface area contributed by atoms with E-state index >= 15 is 0 Å². The number of carboxylic acids is 1. The molecule has 116 valence electrons.